The first kappa shape index (κ1) is 15.9. The van der Waals surface area contributed by atoms with E-state index in [4.69, 9.17) is 5.14 Å². The van der Waals surface area contributed by atoms with Crippen molar-refractivity contribution in [3.63, 3.8) is 0 Å². The van der Waals surface area contributed by atoms with Crippen LogP contribution in [0.2, 0.25) is 0 Å². The van der Waals surface area contributed by atoms with Crippen LogP contribution in [0.3, 0.4) is 0 Å². The zero-order valence-corrected chi connectivity index (χ0v) is 14.0. The molecular formula is C15H20N4O3S. The smallest absolute Gasteiger partial charge is 0.274 e. The molecule has 3 rings (SSSR count). The number of rotatable bonds is 3. The number of fused-ring (bicyclic) bond motifs is 1. The highest BCUT2D eigenvalue weighted by Crippen LogP contribution is 2.26. The highest BCUT2D eigenvalue weighted by molar-refractivity contribution is 7.89. The first-order valence-electron chi connectivity index (χ1n) is 7.47. The maximum atomic E-state index is 12.8. The molecule has 0 aliphatic carbocycles. The van der Waals surface area contributed by atoms with E-state index in [9.17, 15) is 13.2 Å². The number of primary sulfonamides is 1. The van der Waals surface area contributed by atoms with Crippen molar-refractivity contribution in [2.75, 3.05) is 18.8 Å². The summed E-state index contributed by atoms with van der Waals surface area (Å²) in [5, 5.41) is 5.14. The van der Waals surface area contributed by atoms with Gasteiger partial charge in [0, 0.05) is 19.3 Å². The molecule has 0 aromatic carbocycles. The Kier molecular flexibility index (Phi) is 3.89. The summed E-state index contributed by atoms with van der Waals surface area (Å²) in [7, 11) is -3.54. The fourth-order valence-corrected chi connectivity index (χ4v) is 4.15. The average Bonchev–Trinajstić information content (AvgIpc) is 3.00. The lowest BCUT2D eigenvalue weighted by molar-refractivity contribution is 0.0782. The summed E-state index contributed by atoms with van der Waals surface area (Å²) in [4.78, 5) is 18.7. The molecule has 0 spiro atoms. The SMILES string of the molecule is Cc1ccn2cnc(C(=O)N3C[C@@H](CS(N)(=O)=O)[C@H](C)C3)c2c1. The van der Waals surface area contributed by atoms with E-state index in [-0.39, 0.29) is 23.5 Å². The molecule has 1 aliphatic heterocycles. The number of sulfonamides is 1. The Morgan fingerprint density at radius 3 is 2.87 bits per heavy atom. The molecule has 0 radical (unpaired) electrons. The molecule has 124 valence electrons. The van der Waals surface area contributed by atoms with Gasteiger partial charge in [0.25, 0.3) is 5.91 Å². The third-order valence-corrected chi connectivity index (χ3v) is 5.29. The zero-order chi connectivity index (χ0) is 16.8. The van der Waals surface area contributed by atoms with Crippen LogP contribution in [0.25, 0.3) is 5.52 Å². The third kappa shape index (κ3) is 3.23. The molecule has 7 nitrogen and oxygen atoms in total. The Morgan fingerprint density at radius 2 is 2.17 bits per heavy atom. The number of hydrogen-bond acceptors (Lipinski definition) is 4. The van der Waals surface area contributed by atoms with Crippen molar-refractivity contribution < 1.29 is 13.2 Å². The van der Waals surface area contributed by atoms with Crippen LogP contribution in [0.1, 0.15) is 23.0 Å². The molecular weight excluding hydrogens is 316 g/mol. The Hall–Kier alpha value is -1.93. The second-order valence-electron chi connectivity index (χ2n) is 6.37. The average molecular weight is 336 g/mol. The van der Waals surface area contributed by atoms with Crippen molar-refractivity contribution >= 4 is 21.4 Å². The Bertz CT molecular complexity index is 859. The first-order chi connectivity index (χ1) is 10.7. The van der Waals surface area contributed by atoms with Gasteiger partial charge < -0.3 is 9.30 Å². The number of aryl methyl sites for hydroxylation is 1. The fraction of sp³-hybridized carbons (Fsp3) is 0.467. The largest absolute Gasteiger partial charge is 0.337 e. The third-order valence-electron chi connectivity index (χ3n) is 4.40. The highest BCUT2D eigenvalue weighted by Gasteiger charge is 2.35. The van der Waals surface area contributed by atoms with Gasteiger partial charge in [-0.2, -0.15) is 0 Å². The second-order valence-corrected chi connectivity index (χ2v) is 8.03. The summed E-state index contributed by atoms with van der Waals surface area (Å²) in [5.74, 6) is -0.305. The minimum Gasteiger partial charge on any atom is -0.337 e. The van der Waals surface area contributed by atoms with E-state index >= 15 is 0 Å². The Labute approximate surface area is 135 Å². The molecule has 3 heterocycles. The van der Waals surface area contributed by atoms with E-state index in [2.05, 4.69) is 4.98 Å². The van der Waals surface area contributed by atoms with Gasteiger partial charge in [0.05, 0.1) is 11.3 Å². The lowest BCUT2D eigenvalue weighted by Crippen LogP contribution is -2.31. The lowest BCUT2D eigenvalue weighted by atomic mass is 10.0. The van der Waals surface area contributed by atoms with E-state index in [1.165, 1.54) is 0 Å². The zero-order valence-electron chi connectivity index (χ0n) is 13.1. The first-order valence-corrected chi connectivity index (χ1v) is 9.19. The Balaban J connectivity index is 1.84. The van der Waals surface area contributed by atoms with Crippen LogP contribution in [0.15, 0.2) is 24.7 Å². The van der Waals surface area contributed by atoms with Crippen molar-refractivity contribution in [3.05, 3.63) is 35.9 Å². The van der Waals surface area contributed by atoms with Gasteiger partial charge in [0.15, 0.2) is 5.69 Å². The van der Waals surface area contributed by atoms with Gasteiger partial charge in [-0.05, 0) is 36.5 Å². The Morgan fingerprint density at radius 1 is 1.43 bits per heavy atom. The van der Waals surface area contributed by atoms with Crippen molar-refractivity contribution in [1.82, 2.24) is 14.3 Å². The molecule has 1 amide bonds. The van der Waals surface area contributed by atoms with Gasteiger partial charge in [-0.3, -0.25) is 4.79 Å². The van der Waals surface area contributed by atoms with Gasteiger partial charge in [-0.15, -0.1) is 0 Å². The van der Waals surface area contributed by atoms with Gasteiger partial charge in [0.1, 0.15) is 6.33 Å². The summed E-state index contributed by atoms with van der Waals surface area (Å²) in [6, 6.07) is 3.87. The van der Waals surface area contributed by atoms with E-state index in [0.717, 1.165) is 11.1 Å². The standard InChI is InChI=1S/C15H20N4O3S/c1-10-3-4-18-9-17-14(13(18)5-10)15(20)19-6-11(2)12(7-19)8-23(16,21)22/h3-5,9,11-12H,6-8H2,1-2H3,(H2,16,21,22)/t11-,12+/m1/s1. The summed E-state index contributed by atoms with van der Waals surface area (Å²) in [6.45, 7) is 4.81. The molecule has 1 fully saturated rings. The predicted molar refractivity (Wildman–Crippen MR) is 86.5 cm³/mol. The number of imidazole rings is 1. The number of nitrogens with two attached hydrogens (primary N) is 1. The van der Waals surface area contributed by atoms with Gasteiger partial charge >= 0.3 is 0 Å². The minimum atomic E-state index is -3.54. The number of carbonyl (C=O) groups excluding carboxylic acids is 1. The molecule has 0 saturated carbocycles. The normalized spacial score (nSPS) is 22.0. The van der Waals surface area contributed by atoms with E-state index in [1.807, 2.05) is 36.6 Å². The van der Waals surface area contributed by atoms with E-state index < -0.39 is 10.0 Å². The number of aromatic nitrogens is 2. The topological polar surface area (TPSA) is 97.8 Å². The minimum absolute atomic E-state index is 0.0906. The van der Waals surface area contributed by atoms with Crippen LogP contribution in [-0.2, 0) is 10.0 Å². The van der Waals surface area contributed by atoms with Gasteiger partial charge in [-0.1, -0.05) is 6.92 Å². The number of hydrogen-bond donors (Lipinski definition) is 1. The number of amides is 1. The van der Waals surface area contributed by atoms with Gasteiger partial charge in [-0.25, -0.2) is 18.5 Å². The van der Waals surface area contributed by atoms with Crippen molar-refractivity contribution in [2.24, 2.45) is 17.0 Å². The molecule has 1 aliphatic rings. The molecule has 2 N–H and O–H groups in total. The van der Waals surface area contributed by atoms with Crippen LogP contribution >= 0.6 is 0 Å². The number of likely N-dealkylation sites (tertiary alicyclic amines) is 1. The van der Waals surface area contributed by atoms with Crippen LogP contribution in [0.5, 0.6) is 0 Å². The van der Waals surface area contributed by atoms with Gasteiger partial charge in [0.2, 0.25) is 10.0 Å². The number of nitrogens with zero attached hydrogens (tertiary/aromatic N) is 3. The van der Waals surface area contributed by atoms with E-state index in [0.29, 0.717) is 18.8 Å². The summed E-state index contributed by atoms with van der Waals surface area (Å²) in [6.07, 6.45) is 3.48. The maximum Gasteiger partial charge on any atom is 0.274 e. The summed E-state index contributed by atoms with van der Waals surface area (Å²) in [5.41, 5.74) is 2.21. The summed E-state index contributed by atoms with van der Waals surface area (Å²) < 4.78 is 24.4. The fourth-order valence-electron chi connectivity index (χ4n) is 3.12. The molecule has 23 heavy (non-hydrogen) atoms. The second kappa shape index (κ2) is 5.61. The molecule has 0 bridgehead atoms. The quantitative estimate of drug-likeness (QED) is 0.889. The van der Waals surface area contributed by atoms with Crippen LogP contribution in [-0.4, -0.2) is 47.5 Å². The van der Waals surface area contributed by atoms with Crippen LogP contribution < -0.4 is 5.14 Å². The van der Waals surface area contributed by atoms with Crippen LogP contribution in [0, 0.1) is 18.8 Å². The molecule has 2 aromatic heterocycles. The summed E-state index contributed by atoms with van der Waals surface area (Å²) >= 11 is 0. The van der Waals surface area contributed by atoms with E-state index in [1.54, 1.807) is 11.2 Å². The molecule has 8 heteroatoms. The lowest BCUT2D eigenvalue weighted by Gasteiger charge is -2.15. The number of pyridine rings is 1. The van der Waals surface area contributed by atoms with Crippen LogP contribution in [0.4, 0.5) is 0 Å². The number of carbonyl (C=O) groups is 1. The predicted octanol–water partition coefficient (Wildman–Crippen LogP) is 0.639. The molecule has 2 atom stereocenters. The molecule has 1 saturated heterocycles. The molecule has 0 unspecified atom stereocenters. The van der Waals surface area contributed by atoms with Crippen molar-refractivity contribution in [2.45, 2.75) is 13.8 Å². The monoisotopic (exact) mass is 336 g/mol. The molecule has 2 aromatic rings. The van der Waals surface area contributed by atoms with Crippen molar-refractivity contribution in [3.8, 4) is 0 Å². The highest BCUT2D eigenvalue weighted by atomic mass is 32.2. The van der Waals surface area contributed by atoms with Crippen molar-refractivity contribution in [1.29, 1.82) is 0 Å². The maximum absolute atomic E-state index is 12.8.